The van der Waals surface area contributed by atoms with E-state index in [4.69, 9.17) is 0 Å². The van der Waals surface area contributed by atoms with Crippen molar-refractivity contribution in [2.45, 2.75) is 19.3 Å². The Labute approximate surface area is 62.8 Å². The Bertz CT molecular complexity index is 128. The Hall–Kier alpha value is -0.560. The Morgan fingerprint density at radius 2 is 2.10 bits per heavy atom. The number of hydrogen-bond acceptors (Lipinski definition) is 1. The predicted molar refractivity (Wildman–Crippen MR) is 45.0 cm³/mol. The van der Waals surface area contributed by atoms with Gasteiger partial charge in [0.25, 0.3) is 0 Å². The maximum absolute atomic E-state index is 3.68. The van der Waals surface area contributed by atoms with Crippen LogP contribution in [0.4, 0.5) is 0 Å². The second-order valence-electron chi connectivity index (χ2n) is 2.64. The summed E-state index contributed by atoms with van der Waals surface area (Å²) < 4.78 is 0. The summed E-state index contributed by atoms with van der Waals surface area (Å²) in [4.78, 5) is 0. The topological polar surface area (TPSA) is 12.0 Å². The first-order valence-corrected chi connectivity index (χ1v) is 3.93. The van der Waals surface area contributed by atoms with Gasteiger partial charge in [0.05, 0.1) is 0 Å². The van der Waals surface area contributed by atoms with Gasteiger partial charge in [-0.25, -0.2) is 0 Å². The lowest BCUT2D eigenvalue weighted by Gasteiger charge is -2.14. The lowest BCUT2D eigenvalue weighted by molar-refractivity contribution is 0.608. The monoisotopic (exact) mass is 137 g/mol. The van der Waals surface area contributed by atoms with Gasteiger partial charge in [-0.15, -0.1) is 6.58 Å². The third-order valence-electron chi connectivity index (χ3n) is 1.82. The van der Waals surface area contributed by atoms with E-state index in [1.54, 1.807) is 5.57 Å². The van der Waals surface area contributed by atoms with Gasteiger partial charge in [-0.2, -0.15) is 0 Å². The molecule has 1 rings (SSSR count). The van der Waals surface area contributed by atoms with Crippen LogP contribution in [0.25, 0.3) is 0 Å². The van der Waals surface area contributed by atoms with E-state index in [1.165, 1.54) is 12.8 Å². The largest absolute Gasteiger partial charge is 0.316 e. The molecule has 0 amide bonds. The summed E-state index contributed by atoms with van der Waals surface area (Å²) in [6, 6.07) is 0. The van der Waals surface area contributed by atoms with Crippen LogP contribution >= 0.6 is 0 Å². The van der Waals surface area contributed by atoms with Gasteiger partial charge in [0, 0.05) is 0 Å². The van der Waals surface area contributed by atoms with E-state index >= 15 is 0 Å². The SMILES string of the molecule is C=CCC=C1CCNCC1. The average molecular weight is 137 g/mol. The van der Waals surface area contributed by atoms with Crippen LogP contribution in [-0.4, -0.2) is 13.1 Å². The van der Waals surface area contributed by atoms with Gasteiger partial charge in [-0.05, 0) is 32.4 Å². The van der Waals surface area contributed by atoms with E-state index in [0.717, 1.165) is 19.5 Å². The lowest BCUT2D eigenvalue weighted by atomic mass is 10.0. The predicted octanol–water partition coefficient (Wildman–Crippen LogP) is 1.87. The number of hydrogen-bond donors (Lipinski definition) is 1. The van der Waals surface area contributed by atoms with E-state index in [-0.39, 0.29) is 0 Å². The van der Waals surface area contributed by atoms with Crippen LogP contribution in [0.2, 0.25) is 0 Å². The van der Waals surface area contributed by atoms with Gasteiger partial charge in [-0.3, -0.25) is 0 Å². The zero-order valence-corrected chi connectivity index (χ0v) is 6.40. The lowest BCUT2D eigenvalue weighted by Crippen LogP contribution is -2.22. The van der Waals surface area contributed by atoms with Crippen molar-refractivity contribution in [1.29, 1.82) is 0 Å². The summed E-state index contributed by atoms with van der Waals surface area (Å²) in [6.07, 6.45) is 7.75. The molecule has 0 aromatic carbocycles. The average Bonchev–Trinajstić information content (AvgIpc) is 2.03. The molecular weight excluding hydrogens is 122 g/mol. The van der Waals surface area contributed by atoms with Gasteiger partial charge in [0.1, 0.15) is 0 Å². The Balaban J connectivity index is 2.30. The smallest absolute Gasteiger partial charge is 0.00115 e. The molecule has 1 heteroatoms. The molecule has 0 aromatic heterocycles. The third kappa shape index (κ3) is 2.36. The Morgan fingerprint density at radius 3 is 2.70 bits per heavy atom. The molecule has 1 fully saturated rings. The van der Waals surface area contributed by atoms with E-state index in [0.29, 0.717) is 0 Å². The molecule has 0 spiro atoms. The second kappa shape index (κ2) is 4.29. The molecule has 0 saturated carbocycles. The summed E-state index contributed by atoms with van der Waals surface area (Å²) in [7, 11) is 0. The maximum Gasteiger partial charge on any atom is -0.00115 e. The van der Waals surface area contributed by atoms with E-state index in [2.05, 4.69) is 18.0 Å². The van der Waals surface area contributed by atoms with Crippen molar-refractivity contribution >= 4 is 0 Å². The fourth-order valence-corrected chi connectivity index (χ4v) is 1.20. The third-order valence-corrected chi connectivity index (χ3v) is 1.82. The maximum atomic E-state index is 3.68. The van der Waals surface area contributed by atoms with Crippen LogP contribution in [0.3, 0.4) is 0 Å². The molecule has 1 heterocycles. The number of nitrogens with one attached hydrogen (secondary N) is 1. The number of rotatable bonds is 2. The first kappa shape index (κ1) is 7.55. The van der Waals surface area contributed by atoms with Crippen LogP contribution in [-0.2, 0) is 0 Å². The van der Waals surface area contributed by atoms with Crippen LogP contribution in [0.5, 0.6) is 0 Å². The Morgan fingerprint density at radius 1 is 1.40 bits per heavy atom. The van der Waals surface area contributed by atoms with E-state index < -0.39 is 0 Å². The minimum atomic E-state index is 1.04. The first-order valence-electron chi connectivity index (χ1n) is 3.93. The summed E-state index contributed by atoms with van der Waals surface area (Å²) in [5.41, 5.74) is 1.60. The van der Waals surface area contributed by atoms with Crippen LogP contribution in [0, 0.1) is 0 Å². The highest BCUT2D eigenvalue weighted by Crippen LogP contribution is 2.10. The molecule has 0 bridgehead atoms. The molecule has 1 aliphatic heterocycles. The fourth-order valence-electron chi connectivity index (χ4n) is 1.20. The van der Waals surface area contributed by atoms with E-state index in [1.807, 2.05) is 6.08 Å². The zero-order chi connectivity index (χ0) is 7.23. The van der Waals surface area contributed by atoms with Gasteiger partial charge >= 0.3 is 0 Å². The molecule has 0 unspecified atom stereocenters. The molecule has 0 aromatic rings. The number of piperidine rings is 1. The van der Waals surface area contributed by atoms with E-state index in [9.17, 15) is 0 Å². The van der Waals surface area contributed by atoms with Crippen molar-refractivity contribution in [3.05, 3.63) is 24.3 Å². The van der Waals surface area contributed by atoms with Crippen molar-refractivity contribution in [3.8, 4) is 0 Å². The highest BCUT2D eigenvalue weighted by Gasteiger charge is 2.01. The van der Waals surface area contributed by atoms with Gasteiger partial charge in [-0.1, -0.05) is 17.7 Å². The van der Waals surface area contributed by atoms with Crippen molar-refractivity contribution in [2.75, 3.05) is 13.1 Å². The highest BCUT2D eigenvalue weighted by molar-refractivity contribution is 5.06. The molecule has 0 aliphatic carbocycles. The van der Waals surface area contributed by atoms with Crippen molar-refractivity contribution in [2.24, 2.45) is 0 Å². The summed E-state index contributed by atoms with van der Waals surface area (Å²) in [5.74, 6) is 0. The standard InChI is InChI=1S/C9H15N/c1-2-3-4-9-5-7-10-8-6-9/h2,4,10H,1,3,5-8H2. The van der Waals surface area contributed by atoms with Crippen LogP contribution < -0.4 is 5.32 Å². The van der Waals surface area contributed by atoms with Crippen LogP contribution in [0.1, 0.15) is 19.3 Å². The molecule has 0 radical (unpaired) electrons. The number of allylic oxidation sites excluding steroid dienone is 2. The van der Waals surface area contributed by atoms with Gasteiger partial charge in [0.2, 0.25) is 0 Å². The van der Waals surface area contributed by atoms with Crippen molar-refractivity contribution in [3.63, 3.8) is 0 Å². The molecule has 1 N–H and O–H groups in total. The normalized spacial score (nSPS) is 18.6. The minimum absolute atomic E-state index is 1.04. The van der Waals surface area contributed by atoms with Crippen molar-refractivity contribution < 1.29 is 0 Å². The molecule has 1 nitrogen and oxygen atoms in total. The molecule has 1 aliphatic rings. The summed E-state index contributed by atoms with van der Waals surface area (Å²) >= 11 is 0. The van der Waals surface area contributed by atoms with Crippen molar-refractivity contribution in [1.82, 2.24) is 5.32 Å². The van der Waals surface area contributed by atoms with Gasteiger partial charge < -0.3 is 5.32 Å². The summed E-state index contributed by atoms with van der Waals surface area (Å²) in [5, 5.41) is 3.32. The first-order chi connectivity index (χ1) is 4.93. The van der Waals surface area contributed by atoms with Gasteiger partial charge in [0.15, 0.2) is 0 Å². The Kier molecular flexibility index (Phi) is 3.23. The molecule has 0 atom stereocenters. The molecular formula is C9H15N. The fraction of sp³-hybridized carbons (Fsp3) is 0.556. The molecule has 56 valence electrons. The van der Waals surface area contributed by atoms with Crippen LogP contribution in [0.15, 0.2) is 24.3 Å². The molecule has 1 saturated heterocycles. The molecule has 10 heavy (non-hydrogen) atoms. The quantitative estimate of drug-likeness (QED) is 0.573. The second-order valence-corrected chi connectivity index (χ2v) is 2.64. The minimum Gasteiger partial charge on any atom is -0.316 e. The highest BCUT2D eigenvalue weighted by atomic mass is 14.9. The summed E-state index contributed by atoms with van der Waals surface area (Å²) in [6.45, 7) is 6.00. The zero-order valence-electron chi connectivity index (χ0n) is 6.40.